The number of carbonyl (C=O) groups is 2. The SMILES string of the molecule is CC1CC(C(=O)O)C(C(=O)N2CCOCC2)C1. The van der Waals surface area contributed by atoms with Gasteiger partial charge in [0.25, 0.3) is 0 Å². The van der Waals surface area contributed by atoms with Gasteiger partial charge in [-0.05, 0) is 18.8 Å². The Bertz CT molecular complexity index is 312. The van der Waals surface area contributed by atoms with Crippen molar-refractivity contribution < 1.29 is 19.4 Å². The maximum Gasteiger partial charge on any atom is 0.307 e. The number of ether oxygens (including phenoxy) is 1. The molecule has 1 heterocycles. The molecule has 3 unspecified atom stereocenters. The third-order valence-electron chi connectivity index (χ3n) is 3.76. The van der Waals surface area contributed by atoms with Gasteiger partial charge in [-0.15, -0.1) is 0 Å². The number of hydrogen-bond donors (Lipinski definition) is 1. The van der Waals surface area contributed by atoms with Gasteiger partial charge in [0.15, 0.2) is 0 Å². The van der Waals surface area contributed by atoms with E-state index < -0.39 is 11.9 Å². The summed E-state index contributed by atoms with van der Waals surface area (Å²) in [7, 11) is 0. The van der Waals surface area contributed by atoms with Crippen LogP contribution in [0.5, 0.6) is 0 Å². The van der Waals surface area contributed by atoms with Crippen LogP contribution in [0.1, 0.15) is 19.8 Å². The van der Waals surface area contributed by atoms with E-state index in [2.05, 4.69) is 0 Å². The lowest BCUT2D eigenvalue weighted by Crippen LogP contribution is -2.45. The Morgan fingerprint density at radius 2 is 1.76 bits per heavy atom. The lowest BCUT2D eigenvalue weighted by molar-refractivity contribution is -0.150. The van der Waals surface area contributed by atoms with E-state index in [4.69, 9.17) is 9.84 Å². The third-order valence-corrected chi connectivity index (χ3v) is 3.76. The molecule has 2 fully saturated rings. The number of rotatable bonds is 2. The fraction of sp³-hybridized carbons (Fsp3) is 0.833. The number of carboxylic acids is 1. The van der Waals surface area contributed by atoms with E-state index in [1.54, 1.807) is 4.90 Å². The molecule has 17 heavy (non-hydrogen) atoms. The summed E-state index contributed by atoms with van der Waals surface area (Å²) in [5.74, 6) is -1.34. The van der Waals surface area contributed by atoms with Crippen molar-refractivity contribution in [2.24, 2.45) is 17.8 Å². The summed E-state index contributed by atoms with van der Waals surface area (Å²) >= 11 is 0. The quantitative estimate of drug-likeness (QED) is 0.768. The van der Waals surface area contributed by atoms with E-state index >= 15 is 0 Å². The molecule has 3 atom stereocenters. The molecule has 0 aromatic carbocycles. The number of carboxylic acid groups (broad SMARTS) is 1. The predicted octanol–water partition coefficient (Wildman–Crippen LogP) is 0.592. The first-order valence-electron chi connectivity index (χ1n) is 6.19. The first-order chi connectivity index (χ1) is 8.09. The van der Waals surface area contributed by atoms with E-state index in [-0.39, 0.29) is 11.8 Å². The van der Waals surface area contributed by atoms with Crippen molar-refractivity contribution in [3.05, 3.63) is 0 Å². The van der Waals surface area contributed by atoms with Crippen LogP contribution in [-0.2, 0) is 14.3 Å². The van der Waals surface area contributed by atoms with Gasteiger partial charge in [0, 0.05) is 13.1 Å². The maximum atomic E-state index is 12.3. The molecule has 1 N–H and O–H groups in total. The molecule has 96 valence electrons. The summed E-state index contributed by atoms with van der Waals surface area (Å²) in [6.45, 7) is 4.33. The molecule has 5 heteroatoms. The number of aliphatic carboxylic acids is 1. The van der Waals surface area contributed by atoms with E-state index in [0.29, 0.717) is 45.1 Å². The van der Waals surface area contributed by atoms with Crippen LogP contribution in [0.3, 0.4) is 0 Å². The van der Waals surface area contributed by atoms with E-state index in [0.717, 1.165) is 0 Å². The monoisotopic (exact) mass is 241 g/mol. The van der Waals surface area contributed by atoms with Crippen molar-refractivity contribution in [3.8, 4) is 0 Å². The summed E-state index contributed by atoms with van der Waals surface area (Å²) < 4.78 is 5.20. The highest BCUT2D eigenvalue weighted by Gasteiger charge is 2.42. The lowest BCUT2D eigenvalue weighted by atomic mass is 9.94. The van der Waals surface area contributed by atoms with Crippen molar-refractivity contribution in [1.82, 2.24) is 4.90 Å². The van der Waals surface area contributed by atoms with Crippen LogP contribution in [-0.4, -0.2) is 48.2 Å². The summed E-state index contributed by atoms with van der Waals surface area (Å²) in [4.78, 5) is 25.2. The average molecular weight is 241 g/mol. The van der Waals surface area contributed by atoms with Gasteiger partial charge < -0.3 is 14.7 Å². The Hall–Kier alpha value is -1.10. The van der Waals surface area contributed by atoms with Crippen LogP contribution in [0.2, 0.25) is 0 Å². The van der Waals surface area contributed by atoms with Crippen LogP contribution in [0.15, 0.2) is 0 Å². The van der Waals surface area contributed by atoms with Crippen LogP contribution < -0.4 is 0 Å². The fourth-order valence-electron chi connectivity index (χ4n) is 2.86. The molecule has 0 bridgehead atoms. The van der Waals surface area contributed by atoms with E-state index in [1.807, 2.05) is 6.92 Å². The van der Waals surface area contributed by atoms with E-state index in [9.17, 15) is 9.59 Å². The van der Waals surface area contributed by atoms with Gasteiger partial charge in [-0.25, -0.2) is 0 Å². The molecule has 2 aliphatic rings. The highest BCUT2D eigenvalue weighted by atomic mass is 16.5. The average Bonchev–Trinajstić information content (AvgIpc) is 2.72. The second kappa shape index (κ2) is 5.04. The number of nitrogens with zero attached hydrogens (tertiary/aromatic N) is 1. The molecular weight excluding hydrogens is 222 g/mol. The van der Waals surface area contributed by atoms with Crippen LogP contribution in [0.4, 0.5) is 0 Å². The number of hydrogen-bond acceptors (Lipinski definition) is 3. The van der Waals surface area contributed by atoms with Gasteiger partial charge in [0.2, 0.25) is 5.91 Å². The Kier molecular flexibility index (Phi) is 3.66. The summed E-state index contributed by atoms with van der Waals surface area (Å²) in [6, 6.07) is 0. The van der Waals surface area contributed by atoms with Crippen molar-refractivity contribution >= 4 is 11.9 Å². The molecular formula is C12H19NO4. The summed E-state index contributed by atoms with van der Waals surface area (Å²) in [5, 5.41) is 9.15. The molecule has 5 nitrogen and oxygen atoms in total. The van der Waals surface area contributed by atoms with Crippen LogP contribution in [0.25, 0.3) is 0 Å². The largest absolute Gasteiger partial charge is 0.481 e. The number of amides is 1. The molecule has 0 radical (unpaired) electrons. The second-order valence-electron chi connectivity index (χ2n) is 5.07. The fourth-order valence-corrected chi connectivity index (χ4v) is 2.86. The van der Waals surface area contributed by atoms with Crippen molar-refractivity contribution in [1.29, 1.82) is 0 Å². The Morgan fingerprint density at radius 3 is 2.35 bits per heavy atom. The zero-order valence-corrected chi connectivity index (χ0v) is 10.1. The Morgan fingerprint density at radius 1 is 1.18 bits per heavy atom. The van der Waals surface area contributed by atoms with Gasteiger partial charge in [-0.3, -0.25) is 9.59 Å². The zero-order chi connectivity index (χ0) is 12.4. The highest BCUT2D eigenvalue weighted by Crippen LogP contribution is 2.37. The smallest absolute Gasteiger partial charge is 0.307 e. The second-order valence-corrected chi connectivity index (χ2v) is 5.07. The number of carbonyl (C=O) groups excluding carboxylic acids is 1. The molecule has 1 aliphatic heterocycles. The van der Waals surface area contributed by atoms with Crippen molar-refractivity contribution in [2.75, 3.05) is 26.3 Å². The van der Waals surface area contributed by atoms with Gasteiger partial charge in [-0.1, -0.05) is 6.92 Å². The lowest BCUT2D eigenvalue weighted by Gasteiger charge is -2.30. The van der Waals surface area contributed by atoms with Gasteiger partial charge in [-0.2, -0.15) is 0 Å². The molecule has 1 aliphatic carbocycles. The van der Waals surface area contributed by atoms with Gasteiger partial charge in [0.1, 0.15) is 0 Å². The molecule has 1 amide bonds. The Labute approximate surface area is 101 Å². The van der Waals surface area contributed by atoms with Crippen LogP contribution >= 0.6 is 0 Å². The highest BCUT2D eigenvalue weighted by molar-refractivity contribution is 5.85. The predicted molar refractivity (Wildman–Crippen MR) is 60.4 cm³/mol. The van der Waals surface area contributed by atoms with Crippen molar-refractivity contribution in [3.63, 3.8) is 0 Å². The minimum atomic E-state index is -0.832. The molecule has 0 aromatic rings. The van der Waals surface area contributed by atoms with E-state index in [1.165, 1.54) is 0 Å². The summed E-state index contributed by atoms with van der Waals surface area (Å²) in [5.41, 5.74) is 0. The number of morpholine rings is 1. The van der Waals surface area contributed by atoms with Crippen molar-refractivity contribution in [2.45, 2.75) is 19.8 Å². The van der Waals surface area contributed by atoms with Gasteiger partial charge in [0.05, 0.1) is 25.0 Å². The maximum absolute atomic E-state index is 12.3. The molecule has 2 rings (SSSR count). The van der Waals surface area contributed by atoms with Gasteiger partial charge >= 0.3 is 5.97 Å². The molecule has 1 saturated heterocycles. The topological polar surface area (TPSA) is 66.8 Å². The molecule has 0 spiro atoms. The van der Waals surface area contributed by atoms with Crippen LogP contribution in [0, 0.1) is 17.8 Å². The normalized spacial score (nSPS) is 33.7. The standard InChI is InChI=1S/C12H19NO4/c1-8-6-9(10(7-8)12(15)16)11(14)13-2-4-17-5-3-13/h8-10H,2-7H2,1H3,(H,15,16). The molecule has 0 aromatic heterocycles. The first-order valence-corrected chi connectivity index (χ1v) is 6.19. The Balaban J connectivity index is 2.04. The first kappa shape index (κ1) is 12.4. The summed E-state index contributed by atoms with van der Waals surface area (Å²) in [6.07, 6.45) is 1.32. The third kappa shape index (κ3) is 2.60. The minimum Gasteiger partial charge on any atom is -0.481 e. The molecule has 1 saturated carbocycles. The zero-order valence-electron chi connectivity index (χ0n) is 10.1. The minimum absolute atomic E-state index is 0.00468.